The van der Waals surface area contributed by atoms with Crippen LogP contribution in [0.4, 0.5) is 5.69 Å². The second-order valence-electron chi connectivity index (χ2n) is 8.28. The monoisotopic (exact) mass is 388 g/mol. The molecule has 1 amide bonds. The van der Waals surface area contributed by atoms with Crippen LogP contribution in [-0.4, -0.2) is 37.4 Å². The molecule has 4 aromatic rings. The average Bonchev–Trinajstić information content (AvgIpc) is 3.36. The molecular weight excluding hydrogens is 364 g/mol. The van der Waals surface area contributed by atoms with Crippen LogP contribution in [0, 0.1) is 5.41 Å². The van der Waals surface area contributed by atoms with E-state index in [1.807, 2.05) is 59.6 Å². The molecule has 0 spiro atoms. The molecule has 0 aliphatic rings. The highest BCUT2D eigenvalue weighted by Gasteiger charge is 2.23. The van der Waals surface area contributed by atoms with Crippen LogP contribution in [0.25, 0.3) is 22.3 Å². The maximum Gasteiger partial charge on any atom is 0.248 e. The van der Waals surface area contributed by atoms with Crippen LogP contribution in [0.3, 0.4) is 0 Å². The van der Waals surface area contributed by atoms with E-state index in [1.165, 1.54) is 0 Å². The van der Waals surface area contributed by atoms with Crippen molar-refractivity contribution in [3.63, 3.8) is 0 Å². The molecule has 1 N–H and O–H groups in total. The van der Waals surface area contributed by atoms with Crippen LogP contribution >= 0.6 is 0 Å². The predicted molar refractivity (Wildman–Crippen MR) is 113 cm³/mol. The number of imidazole rings is 1. The SMILES string of the molecule is CC(C)(C)CN(C(=O)Cn1nnc2ccccc21)c1ccc(-c2c[nH]cn2)cc1. The molecule has 2 aromatic carbocycles. The number of carbonyl (C=O) groups excluding carboxylic acids is 1. The first-order valence-electron chi connectivity index (χ1n) is 9.58. The Morgan fingerprint density at radius 2 is 1.86 bits per heavy atom. The molecule has 7 heteroatoms. The third-order valence-corrected chi connectivity index (χ3v) is 4.61. The fourth-order valence-corrected chi connectivity index (χ4v) is 3.28. The third kappa shape index (κ3) is 4.18. The van der Waals surface area contributed by atoms with Crippen molar-refractivity contribution in [3.05, 3.63) is 61.1 Å². The molecule has 0 atom stereocenters. The van der Waals surface area contributed by atoms with Gasteiger partial charge in [-0.05, 0) is 29.7 Å². The smallest absolute Gasteiger partial charge is 0.248 e. The number of nitrogens with one attached hydrogen (secondary N) is 1. The zero-order chi connectivity index (χ0) is 20.4. The molecule has 0 aliphatic carbocycles. The number of H-pyrrole nitrogens is 1. The van der Waals surface area contributed by atoms with E-state index in [0.717, 1.165) is 28.0 Å². The van der Waals surface area contributed by atoms with E-state index in [0.29, 0.717) is 6.54 Å². The summed E-state index contributed by atoms with van der Waals surface area (Å²) in [5, 5.41) is 8.31. The van der Waals surface area contributed by atoms with Gasteiger partial charge in [-0.2, -0.15) is 0 Å². The third-order valence-electron chi connectivity index (χ3n) is 4.61. The average molecular weight is 388 g/mol. The minimum Gasteiger partial charge on any atom is -0.351 e. The molecule has 0 radical (unpaired) electrons. The number of anilines is 1. The van der Waals surface area contributed by atoms with E-state index in [4.69, 9.17) is 0 Å². The van der Waals surface area contributed by atoms with Gasteiger partial charge >= 0.3 is 0 Å². The lowest BCUT2D eigenvalue weighted by atomic mass is 9.95. The maximum atomic E-state index is 13.3. The number of aromatic amines is 1. The van der Waals surface area contributed by atoms with Crippen LogP contribution < -0.4 is 4.90 Å². The zero-order valence-corrected chi connectivity index (χ0v) is 16.8. The molecule has 0 saturated heterocycles. The number of carbonyl (C=O) groups is 1. The Morgan fingerprint density at radius 3 is 2.55 bits per heavy atom. The van der Waals surface area contributed by atoms with Crippen molar-refractivity contribution in [2.75, 3.05) is 11.4 Å². The lowest BCUT2D eigenvalue weighted by molar-refractivity contribution is -0.119. The summed E-state index contributed by atoms with van der Waals surface area (Å²) in [5.41, 5.74) is 4.31. The van der Waals surface area contributed by atoms with Gasteiger partial charge in [-0.1, -0.05) is 50.3 Å². The minimum absolute atomic E-state index is 0.0249. The number of nitrogens with zero attached hydrogens (tertiary/aromatic N) is 5. The summed E-state index contributed by atoms with van der Waals surface area (Å²) in [6.45, 7) is 7.10. The van der Waals surface area contributed by atoms with Gasteiger partial charge in [0, 0.05) is 24.0 Å². The Morgan fingerprint density at radius 1 is 1.10 bits per heavy atom. The first-order chi connectivity index (χ1) is 13.9. The number of benzene rings is 2. The highest BCUT2D eigenvalue weighted by molar-refractivity contribution is 5.94. The summed E-state index contributed by atoms with van der Waals surface area (Å²) in [6.07, 6.45) is 3.50. The molecular formula is C22H24N6O. The number of amides is 1. The fraction of sp³-hybridized carbons (Fsp3) is 0.273. The first kappa shape index (κ1) is 18.9. The van der Waals surface area contributed by atoms with Crippen molar-refractivity contribution in [1.82, 2.24) is 25.0 Å². The van der Waals surface area contributed by atoms with E-state index in [1.54, 1.807) is 11.0 Å². The largest absolute Gasteiger partial charge is 0.351 e. The Labute approximate surface area is 169 Å². The van der Waals surface area contributed by atoms with Crippen molar-refractivity contribution >= 4 is 22.6 Å². The normalized spacial score (nSPS) is 11.7. The first-order valence-corrected chi connectivity index (χ1v) is 9.58. The number of rotatable bonds is 5. The highest BCUT2D eigenvalue weighted by Crippen LogP contribution is 2.25. The lowest BCUT2D eigenvalue weighted by Gasteiger charge is -2.30. The number of aromatic nitrogens is 5. The molecule has 2 heterocycles. The predicted octanol–water partition coefficient (Wildman–Crippen LogP) is 3.90. The van der Waals surface area contributed by atoms with Crippen LogP contribution in [0.2, 0.25) is 0 Å². The zero-order valence-electron chi connectivity index (χ0n) is 16.8. The molecule has 0 unspecified atom stereocenters. The van der Waals surface area contributed by atoms with E-state index in [2.05, 4.69) is 41.1 Å². The van der Waals surface area contributed by atoms with Crippen molar-refractivity contribution in [3.8, 4) is 11.3 Å². The second kappa shape index (κ2) is 7.50. The second-order valence-corrected chi connectivity index (χ2v) is 8.28. The van der Waals surface area contributed by atoms with Gasteiger partial charge in [0.25, 0.3) is 0 Å². The van der Waals surface area contributed by atoms with Crippen molar-refractivity contribution in [2.24, 2.45) is 5.41 Å². The number of para-hydroxylation sites is 1. The van der Waals surface area contributed by atoms with Gasteiger partial charge in [0.2, 0.25) is 5.91 Å². The summed E-state index contributed by atoms with van der Waals surface area (Å²) in [6, 6.07) is 15.6. The molecule has 148 valence electrons. The highest BCUT2D eigenvalue weighted by atomic mass is 16.2. The maximum absolute atomic E-state index is 13.3. The quantitative estimate of drug-likeness (QED) is 0.562. The van der Waals surface area contributed by atoms with Crippen molar-refractivity contribution < 1.29 is 4.79 Å². The fourth-order valence-electron chi connectivity index (χ4n) is 3.28. The molecule has 0 fully saturated rings. The molecule has 29 heavy (non-hydrogen) atoms. The molecule has 2 aromatic heterocycles. The minimum atomic E-state index is -0.0546. The standard InChI is InChI=1S/C22H24N6O/c1-22(2,3)14-27(17-10-8-16(9-11-17)19-12-23-15-24-19)21(29)13-28-20-7-5-4-6-18(20)25-26-28/h4-12,15H,13-14H2,1-3H3,(H,23,24). The van der Waals surface area contributed by atoms with Crippen LogP contribution in [0.5, 0.6) is 0 Å². The summed E-state index contributed by atoms with van der Waals surface area (Å²) in [5.74, 6) is -0.0249. The van der Waals surface area contributed by atoms with Crippen molar-refractivity contribution in [2.45, 2.75) is 27.3 Å². The van der Waals surface area contributed by atoms with Crippen LogP contribution in [0.15, 0.2) is 61.1 Å². The van der Waals surface area contributed by atoms with Crippen LogP contribution in [-0.2, 0) is 11.3 Å². The molecule has 0 saturated carbocycles. The van der Waals surface area contributed by atoms with Gasteiger partial charge in [0.1, 0.15) is 12.1 Å². The Kier molecular flexibility index (Phi) is 4.88. The van der Waals surface area contributed by atoms with Gasteiger partial charge in [-0.15, -0.1) is 5.10 Å². The Bertz CT molecular complexity index is 1110. The Hall–Kier alpha value is -3.48. The number of fused-ring (bicyclic) bond motifs is 1. The number of hydrogen-bond acceptors (Lipinski definition) is 4. The van der Waals surface area contributed by atoms with E-state index >= 15 is 0 Å². The van der Waals surface area contributed by atoms with Gasteiger partial charge in [0.15, 0.2) is 0 Å². The topological polar surface area (TPSA) is 79.7 Å². The molecule has 0 bridgehead atoms. The van der Waals surface area contributed by atoms with Crippen molar-refractivity contribution in [1.29, 1.82) is 0 Å². The van der Waals surface area contributed by atoms with Gasteiger partial charge < -0.3 is 9.88 Å². The van der Waals surface area contributed by atoms with Gasteiger partial charge in [-0.3, -0.25) is 4.79 Å². The molecule has 0 aliphatic heterocycles. The summed E-state index contributed by atoms with van der Waals surface area (Å²) < 4.78 is 1.66. The van der Waals surface area contributed by atoms with Gasteiger partial charge in [0.05, 0.1) is 17.5 Å². The van der Waals surface area contributed by atoms with E-state index < -0.39 is 0 Å². The van der Waals surface area contributed by atoms with Gasteiger partial charge in [-0.25, -0.2) is 9.67 Å². The molecule has 7 nitrogen and oxygen atoms in total. The Balaban J connectivity index is 1.62. The van der Waals surface area contributed by atoms with E-state index in [9.17, 15) is 4.79 Å². The van der Waals surface area contributed by atoms with E-state index in [-0.39, 0.29) is 17.9 Å². The summed E-state index contributed by atoms with van der Waals surface area (Å²) in [7, 11) is 0. The summed E-state index contributed by atoms with van der Waals surface area (Å²) in [4.78, 5) is 22.3. The summed E-state index contributed by atoms with van der Waals surface area (Å²) >= 11 is 0. The molecule has 4 rings (SSSR count). The van der Waals surface area contributed by atoms with Crippen LogP contribution in [0.1, 0.15) is 20.8 Å². The number of hydrogen-bond donors (Lipinski definition) is 1. The lowest BCUT2D eigenvalue weighted by Crippen LogP contribution is -2.40.